The number of nitrogens with one attached hydrogen (secondary N) is 1. The average Bonchev–Trinajstić information content (AvgIpc) is 2.45. The second-order valence-corrected chi connectivity index (χ2v) is 6.75. The number of hydrogen-bond acceptors (Lipinski definition) is 4. The van der Waals surface area contributed by atoms with Gasteiger partial charge in [0.1, 0.15) is 5.75 Å². The Balaban J connectivity index is 2.42. The maximum absolute atomic E-state index is 12.5. The summed E-state index contributed by atoms with van der Waals surface area (Å²) in [6.07, 6.45) is 0. The van der Waals surface area contributed by atoms with Gasteiger partial charge in [-0.1, -0.05) is 24.3 Å². The molecule has 0 unspecified atom stereocenters. The van der Waals surface area contributed by atoms with Gasteiger partial charge >= 0.3 is 0 Å². The van der Waals surface area contributed by atoms with Crippen molar-refractivity contribution in [3.63, 3.8) is 0 Å². The Bertz CT molecular complexity index is 727. The van der Waals surface area contributed by atoms with Gasteiger partial charge in [0.2, 0.25) is 10.0 Å². The number of sulfonamides is 1. The molecule has 5 nitrogen and oxygen atoms in total. The van der Waals surface area contributed by atoms with E-state index >= 15 is 0 Å². The third kappa shape index (κ3) is 3.53. The van der Waals surface area contributed by atoms with Crippen LogP contribution in [0.5, 0.6) is 5.75 Å². The van der Waals surface area contributed by atoms with Crippen molar-refractivity contribution in [3.8, 4) is 5.75 Å². The zero-order valence-corrected chi connectivity index (χ0v) is 13.3. The first-order valence-corrected chi connectivity index (χ1v) is 8.14. The Hall–Kier alpha value is -1.63. The average molecular weight is 308 g/mol. The number of hydrogen-bond donors (Lipinski definition) is 1. The van der Waals surface area contributed by atoms with Crippen LogP contribution in [0.3, 0.4) is 0 Å². The number of methoxy groups -OCH3 is 1. The van der Waals surface area contributed by atoms with Crippen molar-refractivity contribution in [2.75, 3.05) is 34.3 Å². The first kappa shape index (κ1) is 15.8. The predicted octanol–water partition coefficient (Wildman–Crippen LogP) is 1.69. The minimum Gasteiger partial charge on any atom is -0.496 e. The van der Waals surface area contributed by atoms with Crippen LogP contribution in [0.2, 0.25) is 0 Å². The van der Waals surface area contributed by atoms with E-state index in [1.54, 1.807) is 25.3 Å². The van der Waals surface area contributed by atoms with Crippen LogP contribution in [-0.4, -0.2) is 47.6 Å². The lowest BCUT2D eigenvalue weighted by molar-refractivity contribution is 0.412. The summed E-state index contributed by atoms with van der Waals surface area (Å²) < 4.78 is 32.8. The normalized spacial score (nSPS) is 12.0. The zero-order chi connectivity index (χ0) is 15.5. The quantitative estimate of drug-likeness (QED) is 0.882. The highest BCUT2D eigenvalue weighted by atomic mass is 32.2. The van der Waals surface area contributed by atoms with Crippen molar-refractivity contribution >= 4 is 20.8 Å². The summed E-state index contributed by atoms with van der Waals surface area (Å²) in [6.45, 7) is 1.02. The molecule has 0 fully saturated rings. The largest absolute Gasteiger partial charge is 0.496 e. The predicted molar refractivity (Wildman–Crippen MR) is 84.2 cm³/mol. The zero-order valence-electron chi connectivity index (χ0n) is 12.5. The van der Waals surface area contributed by atoms with Crippen LogP contribution in [0.25, 0.3) is 10.8 Å². The molecule has 0 aromatic heterocycles. The third-order valence-electron chi connectivity index (χ3n) is 3.20. The Kier molecular flexibility index (Phi) is 4.82. The minimum atomic E-state index is -3.54. The van der Waals surface area contributed by atoms with Gasteiger partial charge in [0.05, 0.1) is 12.0 Å². The standard InChI is InChI=1S/C15H20N2O3S/c1-17(2)11-10-16-21(18,19)15-9-8-14(20-3)12-6-4-5-7-13(12)15/h4-9,16H,10-11H2,1-3H3. The molecule has 2 aromatic carbocycles. The Morgan fingerprint density at radius 1 is 1.10 bits per heavy atom. The van der Waals surface area contributed by atoms with Crippen LogP contribution in [-0.2, 0) is 10.0 Å². The number of fused-ring (bicyclic) bond motifs is 1. The second kappa shape index (κ2) is 6.43. The molecule has 0 bridgehead atoms. The number of rotatable bonds is 6. The van der Waals surface area contributed by atoms with E-state index in [0.29, 0.717) is 24.2 Å². The monoisotopic (exact) mass is 308 g/mol. The summed E-state index contributed by atoms with van der Waals surface area (Å²) in [7, 11) is 1.83. The van der Waals surface area contributed by atoms with Gasteiger partial charge in [-0.25, -0.2) is 13.1 Å². The van der Waals surface area contributed by atoms with Crippen molar-refractivity contribution in [1.29, 1.82) is 0 Å². The summed E-state index contributed by atoms with van der Waals surface area (Å²) in [5, 5.41) is 1.45. The van der Waals surface area contributed by atoms with Gasteiger partial charge in [0, 0.05) is 23.9 Å². The molecule has 114 valence electrons. The molecule has 1 N–H and O–H groups in total. The SMILES string of the molecule is COc1ccc(S(=O)(=O)NCCN(C)C)c2ccccc12. The fraction of sp³-hybridized carbons (Fsp3) is 0.333. The van der Waals surface area contributed by atoms with Crippen LogP contribution in [0.1, 0.15) is 0 Å². The highest BCUT2D eigenvalue weighted by Gasteiger charge is 2.18. The number of nitrogens with zero attached hydrogens (tertiary/aromatic N) is 1. The van der Waals surface area contributed by atoms with Gasteiger partial charge in [0.25, 0.3) is 0 Å². The van der Waals surface area contributed by atoms with Crippen molar-refractivity contribution < 1.29 is 13.2 Å². The van der Waals surface area contributed by atoms with Crippen molar-refractivity contribution in [1.82, 2.24) is 9.62 Å². The summed E-state index contributed by atoms with van der Waals surface area (Å²) >= 11 is 0. The number of likely N-dealkylation sites (N-methyl/N-ethyl adjacent to an activating group) is 1. The van der Waals surface area contributed by atoms with Gasteiger partial charge in [-0.2, -0.15) is 0 Å². The molecule has 0 heterocycles. The van der Waals surface area contributed by atoms with Gasteiger partial charge in [-0.15, -0.1) is 0 Å². The first-order chi connectivity index (χ1) is 9.95. The topological polar surface area (TPSA) is 58.6 Å². The van der Waals surface area contributed by atoms with Crippen LogP contribution in [0.15, 0.2) is 41.3 Å². The highest BCUT2D eigenvalue weighted by molar-refractivity contribution is 7.89. The van der Waals surface area contributed by atoms with Crippen LogP contribution in [0, 0.1) is 0 Å². The lowest BCUT2D eigenvalue weighted by Gasteiger charge is -2.13. The smallest absolute Gasteiger partial charge is 0.241 e. The van der Waals surface area contributed by atoms with E-state index in [9.17, 15) is 8.42 Å². The Morgan fingerprint density at radius 3 is 2.38 bits per heavy atom. The molecule has 0 radical (unpaired) electrons. The Labute approximate surface area is 125 Å². The molecule has 0 spiro atoms. The summed E-state index contributed by atoms with van der Waals surface area (Å²) in [5.74, 6) is 0.665. The van der Waals surface area contributed by atoms with E-state index in [1.165, 1.54) is 0 Å². The second-order valence-electron chi connectivity index (χ2n) is 5.01. The van der Waals surface area contributed by atoms with Crippen molar-refractivity contribution in [2.45, 2.75) is 4.90 Å². The number of benzene rings is 2. The van der Waals surface area contributed by atoms with Crippen LogP contribution in [0.4, 0.5) is 0 Å². The molecular weight excluding hydrogens is 288 g/mol. The molecule has 21 heavy (non-hydrogen) atoms. The molecule has 0 aliphatic heterocycles. The van der Waals surface area contributed by atoms with Gasteiger partial charge < -0.3 is 9.64 Å². The minimum absolute atomic E-state index is 0.276. The van der Waals surface area contributed by atoms with E-state index in [1.807, 2.05) is 37.2 Å². The molecule has 0 atom stereocenters. The van der Waals surface area contributed by atoms with Crippen molar-refractivity contribution in [3.05, 3.63) is 36.4 Å². The molecule has 2 aromatic rings. The number of ether oxygens (including phenoxy) is 1. The van der Waals surface area contributed by atoms with E-state index in [2.05, 4.69) is 4.72 Å². The first-order valence-electron chi connectivity index (χ1n) is 6.66. The van der Waals surface area contributed by atoms with Gasteiger partial charge in [-0.3, -0.25) is 0 Å². The summed E-state index contributed by atoms with van der Waals surface area (Å²) in [4.78, 5) is 2.20. The molecule has 0 aliphatic carbocycles. The Morgan fingerprint density at radius 2 is 1.76 bits per heavy atom. The van der Waals surface area contributed by atoms with Gasteiger partial charge in [-0.05, 0) is 26.2 Å². The van der Waals surface area contributed by atoms with E-state index in [4.69, 9.17) is 4.74 Å². The lowest BCUT2D eigenvalue weighted by Crippen LogP contribution is -2.31. The van der Waals surface area contributed by atoms with E-state index in [0.717, 1.165) is 5.39 Å². The van der Waals surface area contributed by atoms with Crippen LogP contribution >= 0.6 is 0 Å². The molecule has 0 saturated heterocycles. The molecule has 2 rings (SSSR count). The van der Waals surface area contributed by atoms with Gasteiger partial charge in [0.15, 0.2) is 0 Å². The maximum atomic E-state index is 12.5. The molecule has 0 amide bonds. The lowest BCUT2D eigenvalue weighted by atomic mass is 10.1. The van der Waals surface area contributed by atoms with E-state index in [-0.39, 0.29) is 4.90 Å². The molecular formula is C15H20N2O3S. The van der Waals surface area contributed by atoms with E-state index < -0.39 is 10.0 Å². The van der Waals surface area contributed by atoms with Crippen LogP contribution < -0.4 is 9.46 Å². The fourth-order valence-corrected chi connectivity index (χ4v) is 3.37. The highest BCUT2D eigenvalue weighted by Crippen LogP contribution is 2.30. The summed E-state index contributed by atoms with van der Waals surface area (Å²) in [6, 6.07) is 10.6. The third-order valence-corrected chi connectivity index (χ3v) is 4.72. The molecule has 0 saturated carbocycles. The fourth-order valence-electron chi connectivity index (χ4n) is 2.14. The summed E-state index contributed by atoms with van der Waals surface area (Å²) in [5.41, 5.74) is 0. The molecule has 6 heteroatoms. The maximum Gasteiger partial charge on any atom is 0.241 e. The van der Waals surface area contributed by atoms with Crippen molar-refractivity contribution in [2.24, 2.45) is 0 Å². The molecule has 0 aliphatic rings.